The minimum Gasteiger partial charge on any atom is -0.308 e. The van der Waals surface area contributed by atoms with Gasteiger partial charge in [0.2, 0.25) is 0 Å². The number of nitrogen functional groups attached to an aromatic ring is 1. The number of nitrogens with one attached hydrogen (secondary N) is 1. The molecule has 2 aliphatic rings. The van der Waals surface area contributed by atoms with Gasteiger partial charge in [0, 0.05) is 19.6 Å². The van der Waals surface area contributed by atoms with E-state index in [4.69, 9.17) is 17.4 Å². The Morgan fingerprint density at radius 2 is 1.84 bits per heavy atom. The Balaban J connectivity index is 1.67. The number of hydrazine groups is 1. The van der Waals surface area contributed by atoms with Gasteiger partial charge in [-0.15, -0.1) is 0 Å². The first-order chi connectivity index (χ1) is 9.24. The second kappa shape index (κ2) is 5.65. The third-order valence-electron chi connectivity index (χ3n) is 3.87. The molecule has 0 unspecified atom stereocenters. The molecule has 0 saturated heterocycles. The lowest BCUT2D eigenvalue weighted by atomic mass is 10.2. The van der Waals surface area contributed by atoms with E-state index in [1.165, 1.54) is 38.8 Å². The minimum absolute atomic E-state index is 0.678. The average molecular weight is 281 g/mol. The predicted molar refractivity (Wildman–Crippen MR) is 77.8 cm³/mol. The van der Waals surface area contributed by atoms with Crippen molar-refractivity contribution in [2.75, 3.05) is 18.5 Å². The van der Waals surface area contributed by atoms with Crippen LogP contribution in [0.1, 0.15) is 31.4 Å². The van der Waals surface area contributed by atoms with Gasteiger partial charge in [0.05, 0.1) is 10.7 Å². The molecular formula is C14H21ClN4. The van der Waals surface area contributed by atoms with Crippen LogP contribution < -0.4 is 11.3 Å². The molecule has 2 aliphatic carbocycles. The topological polar surface area (TPSA) is 54.2 Å². The largest absolute Gasteiger partial charge is 0.308 e. The highest BCUT2D eigenvalue weighted by molar-refractivity contribution is 6.31. The monoisotopic (exact) mass is 280 g/mol. The van der Waals surface area contributed by atoms with Gasteiger partial charge in [-0.1, -0.05) is 11.6 Å². The van der Waals surface area contributed by atoms with Crippen molar-refractivity contribution in [2.45, 2.75) is 32.2 Å². The van der Waals surface area contributed by atoms with E-state index in [1.807, 2.05) is 6.07 Å². The van der Waals surface area contributed by atoms with Crippen LogP contribution in [0.25, 0.3) is 0 Å². The Hall–Kier alpha value is -0.840. The summed E-state index contributed by atoms with van der Waals surface area (Å²) >= 11 is 6.24. The molecule has 0 spiro atoms. The summed E-state index contributed by atoms with van der Waals surface area (Å²) in [5.41, 5.74) is 3.51. The smallest absolute Gasteiger partial charge is 0.140 e. The summed E-state index contributed by atoms with van der Waals surface area (Å²) in [5, 5.41) is 0.732. The van der Waals surface area contributed by atoms with E-state index >= 15 is 0 Å². The molecule has 0 amide bonds. The van der Waals surface area contributed by atoms with Crippen molar-refractivity contribution < 1.29 is 0 Å². The van der Waals surface area contributed by atoms with Crippen LogP contribution in [-0.4, -0.2) is 23.0 Å². The lowest BCUT2D eigenvalue weighted by molar-refractivity contribution is 0.241. The van der Waals surface area contributed by atoms with Crippen LogP contribution in [0.2, 0.25) is 5.02 Å². The van der Waals surface area contributed by atoms with E-state index in [0.717, 1.165) is 29.1 Å². The summed E-state index contributed by atoms with van der Waals surface area (Å²) in [7, 11) is 0. The van der Waals surface area contributed by atoms with Crippen molar-refractivity contribution in [3.05, 3.63) is 22.8 Å². The number of nitrogens with zero attached hydrogens (tertiary/aromatic N) is 2. The first kappa shape index (κ1) is 13.2. The van der Waals surface area contributed by atoms with Crippen molar-refractivity contribution >= 4 is 17.4 Å². The molecule has 0 bridgehead atoms. The number of nitrogens with two attached hydrogens (primary N) is 1. The van der Waals surface area contributed by atoms with E-state index in [1.54, 1.807) is 6.07 Å². The van der Waals surface area contributed by atoms with E-state index in [0.29, 0.717) is 5.82 Å². The summed E-state index contributed by atoms with van der Waals surface area (Å²) in [6, 6.07) is 3.67. The maximum atomic E-state index is 6.24. The van der Waals surface area contributed by atoms with Crippen LogP contribution in [0.4, 0.5) is 5.82 Å². The van der Waals surface area contributed by atoms with Crippen molar-refractivity contribution in [1.29, 1.82) is 0 Å². The molecule has 3 N–H and O–H groups in total. The fourth-order valence-electron chi connectivity index (χ4n) is 2.42. The van der Waals surface area contributed by atoms with E-state index in [-0.39, 0.29) is 0 Å². The number of aromatic nitrogens is 1. The molecule has 1 heterocycles. The summed E-state index contributed by atoms with van der Waals surface area (Å²) in [4.78, 5) is 6.99. The van der Waals surface area contributed by atoms with E-state index in [2.05, 4.69) is 15.3 Å². The summed E-state index contributed by atoms with van der Waals surface area (Å²) in [6.07, 6.45) is 5.53. The highest BCUT2D eigenvalue weighted by atomic mass is 35.5. The maximum absolute atomic E-state index is 6.24. The number of hydrogen-bond donors (Lipinski definition) is 2. The van der Waals surface area contributed by atoms with E-state index < -0.39 is 0 Å². The van der Waals surface area contributed by atoms with Gasteiger partial charge >= 0.3 is 0 Å². The molecule has 2 saturated carbocycles. The Morgan fingerprint density at radius 3 is 2.37 bits per heavy atom. The maximum Gasteiger partial charge on any atom is 0.140 e. The highest BCUT2D eigenvalue weighted by Crippen LogP contribution is 2.34. The predicted octanol–water partition coefficient (Wildman–Crippen LogP) is 2.64. The lowest BCUT2D eigenvalue weighted by Gasteiger charge is -2.22. The number of halogens is 1. The van der Waals surface area contributed by atoms with Crippen LogP contribution in [-0.2, 0) is 6.54 Å². The van der Waals surface area contributed by atoms with Crippen LogP contribution in [0.15, 0.2) is 12.1 Å². The second-order valence-electron chi connectivity index (χ2n) is 5.85. The fourth-order valence-corrected chi connectivity index (χ4v) is 2.59. The molecule has 0 radical (unpaired) electrons. The summed E-state index contributed by atoms with van der Waals surface area (Å²) < 4.78 is 0. The minimum atomic E-state index is 0.678. The molecule has 0 atom stereocenters. The molecule has 5 heteroatoms. The van der Waals surface area contributed by atoms with Gasteiger partial charge in [-0.05, 0) is 49.7 Å². The second-order valence-corrected chi connectivity index (χ2v) is 6.26. The number of pyridine rings is 1. The third kappa shape index (κ3) is 3.81. The summed E-state index contributed by atoms with van der Waals surface area (Å²) in [6.45, 7) is 3.21. The fraction of sp³-hybridized carbons (Fsp3) is 0.643. The van der Waals surface area contributed by atoms with E-state index in [9.17, 15) is 0 Å². The van der Waals surface area contributed by atoms with Crippen molar-refractivity contribution in [3.63, 3.8) is 0 Å². The van der Waals surface area contributed by atoms with Crippen LogP contribution >= 0.6 is 11.6 Å². The Kier molecular flexibility index (Phi) is 3.91. The Labute approximate surface area is 119 Å². The van der Waals surface area contributed by atoms with Crippen LogP contribution in [0.5, 0.6) is 0 Å². The normalized spacial score (nSPS) is 18.9. The van der Waals surface area contributed by atoms with Crippen molar-refractivity contribution in [3.8, 4) is 0 Å². The SMILES string of the molecule is NNc1ccc(Cl)c(CN(CC2CC2)CC2CC2)n1. The van der Waals surface area contributed by atoms with Gasteiger partial charge in [0.1, 0.15) is 5.82 Å². The molecule has 1 aromatic heterocycles. The highest BCUT2D eigenvalue weighted by Gasteiger charge is 2.29. The molecule has 0 aromatic carbocycles. The first-order valence-electron chi connectivity index (χ1n) is 7.09. The van der Waals surface area contributed by atoms with Gasteiger partial charge in [-0.3, -0.25) is 4.90 Å². The molecule has 104 valence electrons. The Morgan fingerprint density at radius 1 is 1.21 bits per heavy atom. The lowest BCUT2D eigenvalue weighted by Crippen LogP contribution is -2.28. The third-order valence-corrected chi connectivity index (χ3v) is 4.21. The Bertz CT molecular complexity index is 429. The van der Waals surface area contributed by atoms with Crippen molar-refractivity contribution in [2.24, 2.45) is 17.7 Å². The average Bonchev–Trinajstić information content (AvgIpc) is 3.28. The van der Waals surface area contributed by atoms with Gasteiger partial charge < -0.3 is 5.43 Å². The summed E-state index contributed by atoms with van der Waals surface area (Å²) in [5.74, 6) is 7.88. The molecular weight excluding hydrogens is 260 g/mol. The quantitative estimate of drug-likeness (QED) is 0.596. The van der Waals surface area contributed by atoms with Crippen LogP contribution in [0.3, 0.4) is 0 Å². The standard InChI is InChI=1S/C14H21ClN4/c15-12-5-6-14(18-16)17-13(12)9-19(7-10-1-2-10)8-11-3-4-11/h5-6,10-11H,1-4,7-9,16H2,(H,17,18). The first-order valence-corrected chi connectivity index (χ1v) is 7.47. The molecule has 4 nitrogen and oxygen atoms in total. The zero-order valence-electron chi connectivity index (χ0n) is 11.1. The van der Waals surface area contributed by atoms with Gasteiger partial charge in [0.25, 0.3) is 0 Å². The molecule has 0 aliphatic heterocycles. The number of hydrogen-bond acceptors (Lipinski definition) is 4. The van der Waals surface area contributed by atoms with Gasteiger partial charge in [-0.25, -0.2) is 10.8 Å². The number of rotatable bonds is 7. The van der Waals surface area contributed by atoms with Crippen LogP contribution in [0, 0.1) is 11.8 Å². The van der Waals surface area contributed by atoms with Crippen molar-refractivity contribution in [1.82, 2.24) is 9.88 Å². The molecule has 2 fully saturated rings. The molecule has 19 heavy (non-hydrogen) atoms. The molecule has 3 rings (SSSR count). The van der Waals surface area contributed by atoms with Gasteiger partial charge in [-0.2, -0.15) is 0 Å². The van der Waals surface area contributed by atoms with Gasteiger partial charge in [0.15, 0.2) is 0 Å². The zero-order valence-corrected chi connectivity index (χ0v) is 11.9. The number of anilines is 1. The molecule has 1 aromatic rings. The zero-order chi connectivity index (χ0) is 13.2.